The molecule has 0 aromatic rings. The van der Waals surface area contributed by atoms with Crippen LogP contribution in [0.15, 0.2) is 0 Å². The van der Waals surface area contributed by atoms with Gasteiger partial charge in [-0.05, 0) is 0 Å². The first-order valence-corrected chi connectivity index (χ1v) is 14.5. The molecule has 0 heterocycles. The average Bonchev–Trinajstić information content (AvgIpc) is 2.62. The maximum atomic E-state index is 9.75. The first-order valence-electron chi connectivity index (χ1n) is 10.3. The summed E-state index contributed by atoms with van der Waals surface area (Å²) in [5.74, 6) is 0. The van der Waals surface area contributed by atoms with Crippen LogP contribution in [0.5, 0.6) is 0 Å². The van der Waals surface area contributed by atoms with Gasteiger partial charge in [-0.3, -0.25) is 0 Å². The Bertz CT molecular complexity index is 367. The third kappa shape index (κ3) is 7.06. The molecule has 0 saturated heterocycles. The fraction of sp³-hybridized carbons (Fsp3) is 1.00. The summed E-state index contributed by atoms with van der Waals surface area (Å²) in [6.45, 7) is 0. The van der Waals surface area contributed by atoms with E-state index in [1.165, 1.54) is 19.3 Å². The molecular weight excluding hydrogens is 435 g/mol. The van der Waals surface area contributed by atoms with E-state index in [1.807, 2.05) is 0 Å². The molecule has 0 radical (unpaired) electrons. The molecule has 0 bridgehead atoms. The quantitative estimate of drug-likeness (QED) is 0.226. The number of rotatable bonds is 3. The molecule has 3 rings (SSSR count). The van der Waals surface area contributed by atoms with Crippen molar-refractivity contribution in [3.05, 3.63) is 0 Å². The standard InChI is InChI=1S/C18H33P.BF4.Ru/c1-4-10-16(11-5-1)19(17-12-6-2-7-13-17)18-14-8-3-9-15-18;2-1(3,4)5;/h16-18H,1-15H2;;/q;-1;. The van der Waals surface area contributed by atoms with Crippen LogP contribution >= 0.6 is 5.14 Å². The van der Waals surface area contributed by atoms with E-state index in [4.69, 9.17) is 0 Å². The molecule has 0 nitrogen and oxygen atoms in total. The summed E-state index contributed by atoms with van der Waals surface area (Å²) in [5.41, 5.74) is 3.46. The topological polar surface area (TPSA) is 0 Å². The van der Waals surface area contributed by atoms with Gasteiger partial charge in [-0.15, -0.1) is 0 Å². The second-order valence-corrected chi connectivity index (χ2v) is 15.8. The van der Waals surface area contributed by atoms with Crippen LogP contribution in [0, 0.1) is 0 Å². The van der Waals surface area contributed by atoms with E-state index in [-0.39, 0.29) is 0 Å². The van der Waals surface area contributed by atoms with Crippen molar-refractivity contribution in [3.8, 4) is 0 Å². The van der Waals surface area contributed by atoms with Crippen LogP contribution in [0.3, 0.4) is 0 Å². The van der Waals surface area contributed by atoms with Gasteiger partial charge in [0.2, 0.25) is 0 Å². The van der Waals surface area contributed by atoms with Crippen molar-refractivity contribution in [3.63, 3.8) is 0 Å². The Hall–Kier alpha value is 0.838. The van der Waals surface area contributed by atoms with Gasteiger partial charge in [-0.2, -0.15) is 0 Å². The van der Waals surface area contributed by atoms with Crippen LogP contribution in [0.4, 0.5) is 17.3 Å². The van der Waals surface area contributed by atoms with Crippen LogP contribution in [0.2, 0.25) is 0 Å². The minimum absolute atomic E-state index is 0.766. The molecule has 3 aliphatic rings. The van der Waals surface area contributed by atoms with Crippen LogP contribution in [-0.2, 0) is 17.3 Å². The second kappa shape index (κ2) is 10.4. The zero-order valence-corrected chi connectivity index (χ0v) is 17.9. The van der Waals surface area contributed by atoms with Gasteiger partial charge < -0.3 is 17.3 Å². The molecule has 25 heavy (non-hydrogen) atoms. The van der Waals surface area contributed by atoms with Gasteiger partial charge in [0.15, 0.2) is 0 Å². The van der Waals surface area contributed by atoms with E-state index in [1.54, 1.807) is 77.0 Å². The average molecular weight is 468 g/mol. The molecular formula is C18H33BF4PRu-. The Morgan fingerprint density at radius 1 is 0.520 bits per heavy atom. The third-order valence-electron chi connectivity index (χ3n) is 6.38. The Morgan fingerprint density at radius 2 is 0.720 bits per heavy atom. The van der Waals surface area contributed by atoms with Crippen molar-refractivity contribution in [2.75, 3.05) is 0 Å². The summed E-state index contributed by atoms with van der Waals surface area (Å²) in [6.07, 6.45) is 23.4. The van der Waals surface area contributed by atoms with Crippen molar-refractivity contribution >= 4 is 12.4 Å². The van der Waals surface area contributed by atoms with Gasteiger partial charge in [0, 0.05) is 0 Å². The molecule has 0 atom stereocenters. The second-order valence-electron chi connectivity index (χ2n) is 8.09. The molecule has 0 amide bonds. The monoisotopic (exact) mass is 469 g/mol. The van der Waals surface area contributed by atoms with Crippen molar-refractivity contribution in [1.29, 1.82) is 0 Å². The molecule has 150 valence electrons. The van der Waals surface area contributed by atoms with Crippen molar-refractivity contribution in [2.45, 2.75) is 113 Å². The molecule has 0 spiro atoms. The van der Waals surface area contributed by atoms with E-state index < -0.39 is 12.4 Å². The SMILES string of the molecule is F[B-](F)(F)F.[Ru]=[P](C1CCCCC1)(C1CCCCC1)C1CCCCC1. The molecule has 0 aromatic heterocycles. The van der Waals surface area contributed by atoms with Crippen molar-refractivity contribution < 1.29 is 34.6 Å². The van der Waals surface area contributed by atoms with Gasteiger partial charge in [-0.25, -0.2) is 0 Å². The summed E-state index contributed by atoms with van der Waals surface area (Å²) in [5, 5.41) is -0.766. The Balaban J connectivity index is 0.000000399. The van der Waals surface area contributed by atoms with Gasteiger partial charge in [0.1, 0.15) is 0 Å². The van der Waals surface area contributed by atoms with Gasteiger partial charge in [0.05, 0.1) is 0 Å². The third-order valence-corrected chi connectivity index (χ3v) is 16.9. The van der Waals surface area contributed by atoms with Crippen LogP contribution in [-0.4, -0.2) is 24.2 Å². The summed E-state index contributed by atoms with van der Waals surface area (Å²) in [4.78, 5) is 0. The first kappa shape index (κ1) is 22.1. The van der Waals surface area contributed by atoms with E-state index in [0.29, 0.717) is 0 Å². The van der Waals surface area contributed by atoms with Crippen LogP contribution in [0.1, 0.15) is 96.3 Å². The van der Waals surface area contributed by atoms with Crippen molar-refractivity contribution in [2.24, 2.45) is 0 Å². The van der Waals surface area contributed by atoms with Gasteiger partial charge in [0.25, 0.3) is 0 Å². The zero-order valence-electron chi connectivity index (χ0n) is 15.2. The molecule has 0 aromatic carbocycles. The Kier molecular flexibility index (Phi) is 9.21. The minimum atomic E-state index is -6.00. The summed E-state index contributed by atoms with van der Waals surface area (Å²) >= 11 is 3.51. The summed E-state index contributed by atoms with van der Waals surface area (Å²) < 4.78 is 39.0. The Morgan fingerprint density at radius 3 is 0.920 bits per heavy atom. The van der Waals surface area contributed by atoms with Crippen LogP contribution < -0.4 is 0 Å². The Labute approximate surface area is 160 Å². The molecule has 0 aliphatic heterocycles. The van der Waals surface area contributed by atoms with Crippen LogP contribution in [0.25, 0.3) is 0 Å². The first-order chi connectivity index (χ1) is 11.8. The van der Waals surface area contributed by atoms with E-state index in [2.05, 4.69) is 17.3 Å². The number of halogens is 4. The van der Waals surface area contributed by atoms with E-state index in [9.17, 15) is 17.3 Å². The van der Waals surface area contributed by atoms with Crippen molar-refractivity contribution in [1.82, 2.24) is 0 Å². The molecule has 3 saturated carbocycles. The predicted octanol–water partition coefficient (Wildman–Crippen LogP) is 7.76. The molecule has 0 N–H and O–H groups in total. The molecule has 3 fully saturated rings. The normalized spacial score (nSPS) is 25.3. The zero-order chi connectivity index (χ0) is 18.3. The summed E-state index contributed by atoms with van der Waals surface area (Å²) in [6, 6.07) is 0. The number of hydrogen-bond donors (Lipinski definition) is 0. The van der Waals surface area contributed by atoms with Gasteiger partial charge >= 0.3 is 143 Å². The molecule has 0 unspecified atom stereocenters. The predicted molar refractivity (Wildman–Crippen MR) is 97.7 cm³/mol. The molecule has 7 heteroatoms. The summed E-state index contributed by atoms with van der Waals surface area (Å²) in [7, 11) is -6.00. The number of hydrogen-bond acceptors (Lipinski definition) is 0. The van der Waals surface area contributed by atoms with E-state index >= 15 is 0 Å². The fourth-order valence-electron chi connectivity index (χ4n) is 5.31. The fourth-order valence-corrected chi connectivity index (χ4v) is 14.6. The maximum absolute atomic E-state index is 9.75. The van der Waals surface area contributed by atoms with Gasteiger partial charge in [-0.1, -0.05) is 0 Å². The van der Waals surface area contributed by atoms with E-state index in [0.717, 1.165) is 17.0 Å². The molecule has 3 aliphatic carbocycles.